The Morgan fingerprint density at radius 1 is 0.908 bits per heavy atom. The number of aromatic nitrogens is 2. The molecule has 1 aliphatic heterocycles. The van der Waals surface area contributed by atoms with Crippen LogP contribution in [0.1, 0.15) is 72.9 Å². The van der Waals surface area contributed by atoms with Crippen molar-refractivity contribution in [1.29, 1.82) is 0 Å². The van der Waals surface area contributed by atoms with Crippen molar-refractivity contribution in [3.63, 3.8) is 0 Å². The van der Waals surface area contributed by atoms with Crippen LogP contribution in [0.15, 0.2) is 66.9 Å². The van der Waals surface area contributed by atoms with Gasteiger partial charge < -0.3 is 57.6 Å². The highest BCUT2D eigenvalue weighted by Crippen LogP contribution is 2.40. The number of aldehydes is 1. The number of carbonyl (C=O) groups is 6. The van der Waals surface area contributed by atoms with E-state index in [9.17, 15) is 28.8 Å². The average Bonchev–Trinajstić information content (AvgIpc) is 3.28. The second-order valence-electron chi connectivity index (χ2n) is 16.7. The molecule has 346 valence electrons. The zero-order chi connectivity index (χ0) is 47.4. The number of aryl methyl sites for hydroxylation is 1. The van der Waals surface area contributed by atoms with Gasteiger partial charge in [0.15, 0.2) is 5.82 Å². The van der Waals surface area contributed by atoms with E-state index >= 15 is 0 Å². The van der Waals surface area contributed by atoms with Crippen LogP contribution in [-0.2, 0) is 35.8 Å². The highest BCUT2D eigenvalue weighted by atomic mass is 16.5. The lowest BCUT2D eigenvalue weighted by Gasteiger charge is -2.32. The minimum atomic E-state index is -1.41. The number of likely N-dealkylation sites (N-methyl/N-ethyl adjacent to an activating group) is 1. The molecule has 0 spiro atoms. The molecule has 1 aliphatic rings. The van der Waals surface area contributed by atoms with Crippen molar-refractivity contribution in [3.8, 4) is 34.0 Å². The number of nitrogens with one attached hydrogen (secondary N) is 4. The smallest absolute Gasteiger partial charge is 0.255 e. The third kappa shape index (κ3) is 12.3. The molecule has 1 aromatic heterocycles. The first-order chi connectivity index (χ1) is 31.0. The fraction of sp³-hybridized carbons (Fsp3) is 0.404. The Hall–Kier alpha value is -6.76. The molecule has 0 saturated carbocycles. The molecule has 0 radical (unpaired) electrons. The van der Waals surface area contributed by atoms with Crippen LogP contribution in [0, 0.1) is 6.92 Å². The van der Waals surface area contributed by atoms with Crippen LogP contribution in [0.4, 0.5) is 0 Å². The van der Waals surface area contributed by atoms with Gasteiger partial charge in [-0.3, -0.25) is 24.0 Å². The van der Waals surface area contributed by atoms with Crippen LogP contribution < -0.4 is 47.9 Å². The number of rotatable bonds is 16. The Labute approximate surface area is 378 Å². The van der Waals surface area contributed by atoms with E-state index in [0.717, 1.165) is 11.1 Å². The minimum absolute atomic E-state index is 0.000514. The van der Waals surface area contributed by atoms with Crippen LogP contribution in [0.25, 0.3) is 22.5 Å². The summed E-state index contributed by atoms with van der Waals surface area (Å²) in [6.45, 7) is 9.84. The highest BCUT2D eigenvalue weighted by Gasteiger charge is 2.36. The topological polar surface area (TPSA) is 276 Å². The van der Waals surface area contributed by atoms with Crippen LogP contribution >= 0.6 is 0 Å². The molecule has 65 heavy (non-hydrogen) atoms. The van der Waals surface area contributed by atoms with Gasteiger partial charge in [0, 0.05) is 49.4 Å². The molecule has 18 nitrogen and oxygen atoms in total. The lowest BCUT2D eigenvalue weighted by molar-refractivity contribution is -0.141. The van der Waals surface area contributed by atoms with Crippen molar-refractivity contribution >= 4 is 35.8 Å². The molecular formula is C47H60N10O8. The molecule has 5 rings (SSSR count). The summed E-state index contributed by atoms with van der Waals surface area (Å²) in [7, 11) is 1.41. The van der Waals surface area contributed by atoms with Crippen LogP contribution in [0.5, 0.6) is 11.5 Å². The van der Waals surface area contributed by atoms with Crippen LogP contribution in [-0.4, -0.2) is 115 Å². The summed E-state index contributed by atoms with van der Waals surface area (Å²) in [6, 6.07) is 13.0. The molecule has 4 atom stereocenters. The van der Waals surface area contributed by atoms with E-state index in [-0.39, 0.29) is 63.2 Å². The standard InChI is InChI=1S/C47H60N10O8/c1-27-35(26-52-41(53-27)30-8-11-32(12-9-30)47(3,4)5)43(60)55-36(15-16-48)46(63)57(6)40-31-10-14-39(65-22-18-50)34(25-31)33-23-29(7-13-38(33)64-21-17-49)24-37(44(61)51-19-20-58)56-42(59)28(2)54-45(40)62/h7-14,20,23,25-26,28,36-37,40H,15-19,21-22,24,48-50H2,1-6H3,(H,51,61)(H,54,62)(H,55,60)(H,56,59)/t28-,36-,37-,40-/m0/s1. The SMILES string of the molecule is Cc1nc(-c2ccc(C(C)(C)C)cc2)ncc1C(=O)N[C@@H](CCN)C(=O)N(C)[C@@H]1C(=O)N[C@@H](C)C(=O)N[C@H](C(=O)NCC=O)Cc2ccc(OCCN)c(c2)-c2cc1ccc2OCCN. The normalized spacial score (nSPS) is 16.8. The van der Waals surface area contributed by atoms with Crippen molar-refractivity contribution in [2.75, 3.05) is 46.4 Å². The Bertz CT molecular complexity index is 2370. The number of nitrogens with zero attached hydrogens (tertiary/aromatic N) is 3. The van der Waals surface area contributed by atoms with Crippen LogP contribution in [0.2, 0.25) is 0 Å². The predicted octanol–water partition coefficient (Wildman–Crippen LogP) is 1.60. The van der Waals surface area contributed by atoms with Gasteiger partial charge in [0.1, 0.15) is 55.2 Å². The van der Waals surface area contributed by atoms with Crippen molar-refractivity contribution in [2.45, 2.75) is 77.0 Å². The molecule has 4 bridgehead atoms. The molecule has 5 amide bonds. The van der Waals surface area contributed by atoms with Crippen molar-refractivity contribution < 1.29 is 38.2 Å². The Morgan fingerprint density at radius 2 is 1.55 bits per heavy atom. The Kier molecular flexibility index (Phi) is 16.8. The summed E-state index contributed by atoms with van der Waals surface area (Å²) in [5.41, 5.74) is 21.9. The number of fused-ring (bicyclic) bond motifs is 5. The predicted molar refractivity (Wildman–Crippen MR) is 245 cm³/mol. The monoisotopic (exact) mass is 892 g/mol. The van der Waals surface area contributed by atoms with Gasteiger partial charge in [-0.1, -0.05) is 57.2 Å². The highest BCUT2D eigenvalue weighted by molar-refractivity contribution is 6.00. The minimum Gasteiger partial charge on any atom is -0.492 e. The third-order valence-corrected chi connectivity index (χ3v) is 10.9. The maximum atomic E-state index is 14.6. The molecule has 0 aliphatic carbocycles. The molecular weight excluding hydrogens is 833 g/mol. The zero-order valence-corrected chi connectivity index (χ0v) is 37.7. The summed E-state index contributed by atoms with van der Waals surface area (Å²) in [6.07, 6.45) is 1.92. The Balaban J connectivity index is 1.55. The van der Waals surface area contributed by atoms with Gasteiger partial charge in [0.05, 0.1) is 17.8 Å². The number of amides is 5. The van der Waals surface area contributed by atoms with Crippen molar-refractivity contribution in [1.82, 2.24) is 36.1 Å². The fourth-order valence-corrected chi connectivity index (χ4v) is 7.33. The summed E-state index contributed by atoms with van der Waals surface area (Å²) < 4.78 is 12.2. The molecule has 0 saturated heterocycles. The molecule has 10 N–H and O–H groups in total. The second-order valence-corrected chi connectivity index (χ2v) is 16.7. The van der Waals surface area contributed by atoms with Gasteiger partial charge in [0.25, 0.3) is 5.91 Å². The van der Waals surface area contributed by atoms with Gasteiger partial charge in [-0.15, -0.1) is 0 Å². The lowest BCUT2D eigenvalue weighted by atomic mass is 9.87. The number of nitrogens with two attached hydrogens (primary N) is 3. The molecule has 2 heterocycles. The lowest BCUT2D eigenvalue weighted by Crippen LogP contribution is -2.56. The number of ether oxygens (including phenoxy) is 2. The second kappa shape index (κ2) is 22.2. The first kappa shape index (κ1) is 49.3. The maximum Gasteiger partial charge on any atom is 0.255 e. The molecule has 3 aromatic carbocycles. The molecule has 18 heteroatoms. The third-order valence-electron chi connectivity index (χ3n) is 10.9. The van der Waals surface area contributed by atoms with Gasteiger partial charge >= 0.3 is 0 Å². The van der Waals surface area contributed by atoms with Crippen molar-refractivity contribution in [3.05, 3.63) is 94.8 Å². The van der Waals surface area contributed by atoms with Crippen LogP contribution in [0.3, 0.4) is 0 Å². The quantitative estimate of drug-likeness (QED) is 0.0789. The van der Waals surface area contributed by atoms with E-state index in [1.165, 1.54) is 25.1 Å². The number of hydrogen-bond acceptors (Lipinski definition) is 13. The summed E-state index contributed by atoms with van der Waals surface area (Å²) in [5, 5.41) is 10.7. The van der Waals surface area contributed by atoms with Crippen molar-refractivity contribution in [2.24, 2.45) is 17.2 Å². The van der Waals surface area contributed by atoms with Gasteiger partial charge in [0.2, 0.25) is 23.6 Å². The van der Waals surface area contributed by atoms with E-state index < -0.39 is 53.7 Å². The Morgan fingerprint density at radius 3 is 2.15 bits per heavy atom. The summed E-state index contributed by atoms with van der Waals surface area (Å²) in [5.74, 6) is -2.20. The van der Waals surface area contributed by atoms with E-state index in [4.69, 9.17) is 26.7 Å². The van der Waals surface area contributed by atoms with Gasteiger partial charge in [-0.05, 0) is 73.2 Å². The zero-order valence-electron chi connectivity index (χ0n) is 37.7. The summed E-state index contributed by atoms with van der Waals surface area (Å²) in [4.78, 5) is 91.5. The first-order valence-corrected chi connectivity index (χ1v) is 21.5. The fourth-order valence-electron chi connectivity index (χ4n) is 7.33. The van der Waals surface area contributed by atoms with E-state index in [1.54, 1.807) is 43.3 Å². The van der Waals surface area contributed by atoms with E-state index in [2.05, 4.69) is 52.0 Å². The van der Waals surface area contributed by atoms with Gasteiger partial charge in [-0.2, -0.15) is 0 Å². The largest absolute Gasteiger partial charge is 0.492 e. The van der Waals surface area contributed by atoms with Gasteiger partial charge in [-0.25, -0.2) is 9.97 Å². The number of hydrogen-bond donors (Lipinski definition) is 7. The molecule has 0 unspecified atom stereocenters. The van der Waals surface area contributed by atoms with E-state index in [0.29, 0.717) is 51.6 Å². The molecule has 0 fully saturated rings. The summed E-state index contributed by atoms with van der Waals surface area (Å²) >= 11 is 0. The number of carbonyl (C=O) groups excluding carboxylic acids is 6. The molecule has 4 aromatic rings. The average molecular weight is 893 g/mol. The maximum absolute atomic E-state index is 14.6. The van der Waals surface area contributed by atoms with E-state index in [1.807, 2.05) is 24.3 Å². The first-order valence-electron chi connectivity index (χ1n) is 21.5. The number of benzene rings is 3.